The third kappa shape index (κ3) is 3.18. The predicted octanol–water partition coefficient (Wildman–Crippen LogP) is -1.61. The number of urea groups is 1. The SMILES string of the molecule is CN(C)C(=O)N1CCN(C(=O)c2ccc(=O)n(C)n2)[C@H]2CS(=O)(=O)C[C@H]21. The molecule has 0 saturated carbocycles. The van der Waals surface area contributed by atoms with Crippen LogP contribution in [0, 0.1) is 0 Å². The molecule has 3 heterocycles. The zero-order valence-corrected chi connectivity index (χ0v) is 15.6. The van der Waals surface area contributed by atoms with Crippen LogP contribution >= 0.6 is 0 Å². The molecule has 0 spiro atoms. The molecule has 0 aromatic carbocycles. The van der Waals surface area contributed by atoms with Crippen molar-refractivity contribution in [3.8, 4) is 0 Å². The minimum Gasteiger partial charge on any atom is -0.331 e. The van der Waals surface area contributed by atoms with Crippen LogP contribution in [-0.4, -0.2) is 95.6 Å². The maximum Gasteiger partial charge on any atom is 0.319 e. The van der Waals surface area contributed by atoms with Crippen molar-refractivity contribution in [3.63, 3.8) is 0 Å². The van der Waals surface area contributed by atoms with Gasteiger partial charge in [0.2, 0.25) is 0 Å². The van der Waals surface area contributed by atoms with Gasteiger partial charge in [0.25, 0.3) is 11.5 Å². The van der Waals surface area contributed by atoms with Gasteiger partial charge in [-0.25, -0.2) is 17.9 Å². The minimum atomic E-state index is -3.37. The van der Waals surface area contributed by atoms with Crippen LogP contribution < -0.4 is 5.56 Å². The lowest BCUT2D eigenvalue weighted by Crippen LogP contribution is -2.63. The molecule has 2 saturated heterocycles. The lowest BCUT2D eigenvalue weighted by molar-refractivity contribution is 0.0386. The Kier molecular flexibility index (Phi) is 4.51. The van der Waals surface area contributed by atoms with Gasteiger partial charge in [-0.15, -0.1) is 0 Å². The van der Waals surface area contributed by atoms with Crippen LogP contribution in [0.25, 0.3) is 0 Å². The fourth-order valence-electron chi connectivity index (χ4n) is 3.46. The average Bonchev–Trinajstić information content (AvgIpc) is 2.89. The third-order valence-corrected chi connectivity index (χ3v) is 6.44. The van der Waals surface area contributed by atoms with Crippen molar-refractivity contribution >= 4 is 21.8 Å². The van der Waals surface area contributed by atoms with Gasteiger partial charge in [0.05, 0.1) is 23.6 Å². The minimum absolute atomic E-state index is 0.0718. The number of aryl methyl sites for hydroxylation is 1. The number of amides is 3. The van der Waals surface area contributed by atoms with Crippen LogP contribution in [0.1, 0.15) is 10.5 Å². The molecule has 11 heteroatoms. The molecular weight excluding hydrogens is 362 g/mol. The van der Waals surface area contributed by atoms with Gasteiger partial charge >= 0.3 is 6.03 Å². The Bertz CT molecular complexity index is 909. The van der Waals surface area contributed by atoms with Gasteiger partial charge in [-0.05, 0) is 6.07 Å². The number of aromatic nitrogens is 2. The van der Waals surface area contributed by atoms with Crippen LogP contribution in [0.4, 0.5) is 4.79 Å². The molecule has 26 heavy (non-hydrogen) atoms. The lowest BCUT2D eigenvalue weighted by atomic mass is 10.0. The van der Waals surface area contributed by atoms with Gasteiger partial charge in [0, 0.05) is 40.3 Å². The highest BCUT2D eigenvalue weighted by Crippen LogP contribution is 2.28. The van der Waals surface area contributed by atoms with E-state index in [0.717, 1.165) is 4.68 Å². The quantitative estimate of drug-likeness (QED) is 0.576. The van der Waals surface area contributed by atoms with Crippen LogP contribution in [0.15, 0.2) is 16.9 Å². The molecule has 1 aromatic heterocycles. The molecule has 3 rings (SSSR count). The van der Waals surface area contributed by atoms with Crippen LogP contribution in [-0.2, 0) is 16.9 Å². The molecule has 2 aliphatic heterocycles. The summed E-state index contributed by atoms with van der Waals surface area (Å²) in [5.74, 6) is -0.793. The number of carbonyl (C=O) groups is 2. The van der Waals surface area contributed by atoms with Gasteiger partial charge in [0.15, 0.2) is 9.84 Å². The average molecular weight is 383 g/mol. The summed E-state index contributed by atoms with van der Waals surface area (Å²) < 4.78 is 25.4. The normalized spacial score (nSPS) is 24.3. The van der Waals surface area contributed by atoms with Crippen molar-refractivity contribution in [2.45, 2.75) is 12.1 Å². The van der Waals surface area contributed by atoms with E-state index in [9.17, 15) is 22.8 Å². The van der Waals surface area contributed by atoms with Crippen molar-refractivity contribution in [1.29, 1.82) is 0 Å². The van der Waals surface area contributed by atoms with Crippen molar-refractivity contribution < 1.29 is 18.0 Å². The second kappa shape index (κ2) is 6.38. The molecule has 1 aromatic rings. The number of hydrogen-bond acceptors (Lipinski definition) is 6. The van der Waals surface area contributed by atoms with E-state index >= 15 is 0 Å². The summed E-state index contributed by atoms with van der Waals surface area (Å²) in [5, 5.41) is 3.96. The first-order valence-corrected chi connectivity index (χ1v) is 9.96. The summed E-state index contributed by atoms with van der Waals surface area (Å²) in [6, 6.07) is 1.10. The summed E-state index contributed by atoms with van der Waals surface area (Å²) in [6.45, 7) is 0.449. The number of piperazine rings is 1. The standard InChI is InChI=1S/C15H21N5O5S/c1-17(2)15(23)20-7-6-19(11-8-26(24,25)9-12(11)20)14(22)10-4-5-13(21)18(3)16-10/h4-5,11-12H,6-9H2,1-3H3/t11-,12+/m0/s1. The van der Waals surface area contributed by atoms with E-state index in [-0.39, 0.29) is 41.9 Å². The number of nitrogens with zero attached hydrogens (tertiary/aromatic N) is 5. The number of fused-ring (bicyclic) bond motifs is 1. The first-order chi connectivity index (χ1) is 12.1. The first-order valence-electron chi connectivity index (χ1n) is 8.14. The van der Waals surface area contributed by atoms with Crippen molar-refractivity contribution in [1.82, 2.24) is 24.5 Å². The highest BCUT2D eigenvalue weighted by Gasteiger charge is 2.50. The second-order valence-electron chi connectivity index (χ2n) is 6.76. The molecule has 0 N–H and O–H groups in total. The molecule has 0 bridgehead atoms. The Morgan fingerprint density at radius 1 is 1.12 bits per heavy atom. The molecule has 2 fully saturated rings. The van der Waals surface area contributed by atoms with Crippen LogP contribution in [0.3, 0.4) is 0 Å². The largest absolute Gasteiger partial charge is 0.331 e. The summed E-state index contributed by atoms with van der Waals surface area (Å²) in [6.07, 6.45) is 0. The first kappa shape index (κ1) is 18.4. The summed E-state index contributed by atoms with van der Waals surface area (Å²) in [7, 11) is 1.28. The van der Waals surface area contributed by atoms with Crippen molar-refractivity contribution in [2.75, 3.05) is 38.7 Å². The summed E-state index contributed by atoms with van der Waals surface area (Å²) >= 11 is 0. The zero-order valence-electron chi connectivity index (χ0n) is 14.8. The van der Waals surface area contributed by atoms with Gasteiger partial charge in [-0.1, -0.05) is 0 Å². The number of rotatable bonds is 1. The Morgan fingerprint density at radius 2 is 1.69 bits per heavy atom. The van der Waals surface area contributed by atoms with E-state index < -0.39 is 27.8 Å². The van der Waals surface area contributed by atoms with Crippen molar-refractivity contribution in [2.24, 2.45) is 7.05 Å². The monoisotopic (exact) mass is 383 g/mol. The lowest BCUT2D eigenvalue weighted by Gasteiger charge is -2.44. The molecule has 2 atom stereocenters. The molecule has 0 radical (unpaired) electrons. The molecule has 142 valence electrons. The van der Waals surface area contributed by atoms with Crippen LogP contribution in [0.2, 0.25) is 0 Å². The smallest absolute Gasteiger partial charge is 0.319 e. The second-order valence-corrected chi connectivity index (χ2v) is 8.91. The molecule has 0 unspecified atom stereocenters. The summed E-state index contributed by atoms with van der Waals surface area (Å²) in [4.78, 5) is 41.1. The highest BCUT2D eigenvalue weighted by atomic mass is 32.2. The Hall–Kier alpha value is -2.43. The fraction of sp³-hybridized carbons (Fsp3) is 0.600. The Balaban J connectivity index is 1.92. The highest BCUT2D eigenvalue weighted by molar-refractivity contribution is 7.91. The zero-order chi connectivity index (χ0) is 19.2. The maximum atomic E-state index is 12.9. The van der Waals surface area contributed by atoms with Crippen molar-refractivity contribution in [3.05, 3.63) is 28.2 Å². The van der Waals surface area contributed by atoms with Gasteiger partial charge in [-0.2, -0.15) is 5.10 Å². The number of hydrogen-bond donors (Lipinski definition) is 0. The molecule has 2 aliphatic rings. The molecular formula is C15H21N5O5S. The van der Waals surface area contributed by atoms with E-state index in [1.165, 1.54) is 33.9 Å². The molecule has 10 nitrogen and oxygen atoms in total. The molecule has 0 aliphatic carbocycles. The third-order valence-electron chi connectivity index (χ3n) is 4.74. The summed E-state index contributed by atoms with van der Waals surface area (Å²) in [5.41, 5.74) is -0.271. The number of carbonyl (C=O) groups excluding carboxylic acids is 2. The topological polar surface area (TPSA) is 113 Å². The fourth-order valence-corrected chi connectivity index (χ4v) is 5.44. The van der Waals surface area contributed by atoms with Gasteiger partial charge in [-0.3, -0.25) is 9.59 Å². The molecule has 3 amide bonds. The van der Waals surface area contributed by atoms with Crippen LogP contribution in [0.5, 0.6) is 0 Å². The Morgan fingerprint density at radius 3 is 2.27 bits per heavy atom. The van der Waals surface area contributed by atoms with E-state index in [0.29, 0.717) is 0 Å². The van der Waals surface area contributed by atoms with E-state index in [2.05, 4.69) is 5.10 Å². The van der Waals surface area contributed by atoms with E-state index in [4.69, 9.17) is 0 Å². The maximum absolute atomic E-state index is 12.9. The van der Waals surface area contributed by atoms with Gasteiger partial charge in [0.1, 0.15) is 5.69 Å². The predicted molar refractivity (Wildman–Crippen MR) is 92.5 cm³/mol. The Labute approximate surface area is 150 Å². The van der Waals surface area contributed by atoms with E-state index in [1.54, 1.807) is 14.1 Å². The van der Waals surface area contributed by atoms with E-state index in [1.807, 2.05) is 0 Å². The number of sulfone groups is 1. The van der Waals surface area contributed by atoms with Gasteiger partial charge < -0.3 is 14.7 Å².